The monoisotopic (exact) mass is 183 g/mol. The van der Waals surface area contributed by atoms with Crippen LogP contribution in [-0.2, 0) is 0 Å². The van der Waals surface area contributed by atoms with Crippen molar-refractivity contribution in [3.8, 4) is 0 Å². The molecule has 0 amide bonds. The molecule has 0 spiro atoms. The first-order chi connectivity index (χ1) is 6.00. The molecule has 0 radical (unpaired) electrons. The maximum atomic E-state index is 10.3. The number of piperidine rings is 1. The van der Waals surface area contributed by atoms with Crippen LogP contribution in [0.5, 0.6) is 0 Å². The van der Waals surface area contributed by atoms with Gasteiger partial charge in [-0.15, -0.1) is 0 Å². The molecule has 2 heteroatoms. The van der Waals surface area contributed by atoms with E-state index in [1.807, 2.05) is 6.92 Å². The molecule has 2 fully saturated rings. The molecule has 1 saturated heterocycles. The van der Waals surface area contributed by atoms with Gasteiger partial charge in [-0.3, -0.25) is 0 Å². The van der Waals surface area contributed by atoms with Crippen molar-refractivity contribution >= 4 is 0 Å². The zero-order valence-corrected chi connectivity index (χ0v) is 8.95. The minimum Gasteiger partial charge on any atom is -0.389 e. The summed E-state index contributed by atoms with van der Waals surface area (Å²) in [5.41, 5.74) is -0.442. The van der Waals surface area contributed by atoms with E-state index in [0.717, 1.165) is 18.4 Å². The number of nitrogens with zero attached hydrogens (tertiary/aromatic N) is 1. The minimum atomic E-state index is -0.442. The number of likely N-dealkylation sites (N-methyl/N-ethyl adjacent to an activating group) is 1. The molecule has 4 atom stereocenters. The fourth-order valence-corrected chi connectivity index (χ4v) is 3.43. The van der Waals surface area contributed by atoms with Gasteiger partial charge >= 0.3 is 0 Å². The van der Waals surface area contributed by atoms with Gasteiger partial charge in [-0.1, -0.05) is 13.3 Å². The summed E-state index contributed by atoms with van der Waals surface area (Å²) >= 11 is 0. The van der Waals surface area contributed by atoms with E-state index in [1.165, 1.54) is 19.4 Å². The molecule has 13 heavy (non-hydrogen) atoms. The Labute approximate surface area is 80.9 Å². The fraction of sp³-hybridized carbons (Fsp3) is 1.00. The summed E-state index contributed by atoms with van der Waals surface area (Å²) in [7, 11) is 2.12. The average Bonchev–Trinajstić information content (AvgIpc) is 2.31. The smallest absolute Gasteiger partial charge is 0.0777 e. The Kier molecular flexibility index (Phi) is 2.16. The third-order valence-electron chi connectivity index (χ3n) is 4.09. The van der Waals surface area contributed by atoms with Crippen LogP contribution in [-0.4, -0.2) is 35.7 Å². The first kappa shape index (κ1) is 9.47. The zero-order valence-electron chi connectivity index (χ0n) is 8.95. The average molecular weight is 183 g/mol. The van der Waals surface area contributed by atoms with Crippen molar-refractivity contribution in [3.63, 3.8) is 0 Å². The summed E-state index contributed by atoms with van der Waals surface area (Å²) in [6.45, 7) is 6.38. The Balaban J connectivity index is 2.18. The van der Waals surface area contributed by atoms with E-state index in [-0.39, 0.29) is 0 Å². The lowest BCUT2D eigenvalue weighted by Gasteiger charge is -2.44. The zero-order chi connectivity index (χ0) is 9.64. The molecule has 0 aromatic rings. The number of β-amino-alcohol motifs (C(OH)–C–C–N with tert-alkyl or cyclic N) is 1. The molecule has 0 bridgehead atoms. The molecule has 1 N–H and O–H groups in total. The summed E-state index contributed by atoms with van der Waals surface area (Å²) in [6, 6.07) is 0. The number of hydrogen-bond donors (Lipinski definition) is 1. The maximum Gasteiger partial charge on any atom is 0.0777 e. The lowest BCUT2D eigenvalue weighted by atomic mass is 9.75. The topological polar surface area (TPSA) is 23.5 Å². The highest BCUT2D eigenvalue weighted by Crippen LogP contribution is 2.45. The molecular weight excluding hydrogens is 162 g/mol. The molecule has 1 aliphatic carbocycles. The first-order valence-electron chi connectivity index (χ1n) is 5.41. The highest BCUT2D eigenvalue weighted by Gasteiger charge is 2.47. The van der Waals surface area contributed by atoms with Crippen LogP contribution < -0.4 is 0 Å². The van der Waals surface area contributed by atoms with Crippen LogP contribution in [0.2, 0.25) is 0 Å². The molecule has 2 nitrogen and oxygen atoms in total. The second kappa shape index (κ2) is 2.96. The van der Waals surface area contributed by atoms with Gasteiger partial charge < -0.3 is 10.0 Å². The number of hydrogen-bond acceptors (Lipinski definition) is 2. The summed E-state index contributed by atoms with van der Waals surface area (Å²) in [4.78, 5) is 2.28. The predicted octanol–water partition coefficient (Wildman–Crippen LogP) is 1.35. The molecule has 0 unspecified atom stereocenters. The van der Waals surface area contributed by atoms with E-state index in [2.05, 4.69) is 18.9 Å². The van der Waals surface area contributed by atoms with Crippen LogP contribution >= 0.6 is 0 Å². The highest BCUT2D eigenvalue weighted by molar-refractivity contribution is 4.99. The van der Waals surface area contributed by atoms with Crippen LogP contribution in [0.1, 0.15) is 26.7 Å². The van der Waals surface area contributed by atoms with Gasteiger partial charge in [0.15, 0.2) is 0 Å². The Bertz CT molecular complexity index is 202. The molecule has 0 aromatic heterocycles. The van der Waals surface area contributed by atoms with Crippen molar-refractivity contribution in [1.82, 2.24) is 4.90 Å². The van der Waals surface area contributed by atoms with Gasteiger partial charge in [-0.2, -0.15) is 0 Å². The van der Waals surface area contributed by atoms with Gasteiger partial charge in [0.2, 0.25) is 0 Å². The first-order valence-corrected chi connectivity index (χ1v) is 5.41. The van der Waals surface area contributed by atoms with Gasteiger partial charge in [0, 0.05) is 13.1 Å². The van der Waals surface area contributed by atoms with Crippen molar-refractivity contribution in [2.45, 2.75) is 32.3 Å². The lowest BCUT2D eigenvalue weighted by Crippen LogP contribution is -2.54. The van der Waals surface area contributed by atoms with Crippen LogP contribution in [0, 0.1) is 17.8 Å². The third kappa shape index (κ3) is 1.50. The lowest BCUT2D eigenvalue weighted by molar-refractivity contribution is -0.0794. The van der Waals surface area contributed by atoms with Crippen LogP contribution in [0.3, 0.4) is 0 Å². The summed E-state index contributed by atoms with van der Waals surface area (Å²) in [6.07, 6.45) is 2.53. The third-order valence-corrected chi connectivity index (χ3v) is 4.09. The second-order valence-corrected chi connectivity index (χ2v) is 5.38. The van der Waals surface area contributed by atoms with Crippen LogP contribution in [0.15, 0.2) is 0 Å². The predicted molar refractivity (Wildman–Crippen MR) is 53.5 cm³/mol. The number of rotatable bonds is 0. The van der Waals surface area contributed by atoms with Crippen LogP contribution in [0.25, 0.3) is 0 Å². The maximum absolute atomic E-state index is 10.3. The Morgan fingerprint density at radius 3 is 2.77 bits per heavy atom. The molecule has 1 heterocycles. The molecule has 0 aromatic carbocycles. The fourth-order valence-electron chi connectivity index (χ4n) is 3.43. The SMILES string of the molecule is C[C@H]1CC[C@H]2[C@@H]1CN(C)C[C@]2(C)O. The molecule has 2 rings (SSSR count). The van der Waals surface area contributed by atoms with Crippen molar-refractivity contribution in [3.05, 3.63) is 0 Å². The highest BCUT2D eigenvalue weighted by atomic mass is 16.3. The van der Waals surface area contributed by atoms with Gasteiger partial charge in [-0.05, 0) is 38.1 Å². The van der Waals surface area contributed by atoms with Gasteiger partial charge in [-0.25, -0.2) is 0 Å². The Morgan fingerprint density at radius 2 is 2.08 bits per heavy atom. The van der Waals surface area contributed by atoms with E-state index in [4.69, 9.17) is 0 Å². The number of aliphatic hydroxyl groups is 1. The van der Waals surface area contributed by atoms with Gasteiger partial charge in [0.05, 0.1) is 5.60 Å². The second-order valence-electron chi connectivity index (χ2n) is 5.38. The van der Waals surface area contributed by atoms with Crippen molar-refractivity contribution < 1.29 is 5.11 Å². The standard InChI is InChI=1S/C11H21NO/c1-8-4-5-10-9(8)6-12(3)7-11(10,2)13/h8-10,13H,4-7H2,1-3H3/t8-,9+,10-,11-/m0/s1. The van der Waals surface area contributed by atoms with E-state index < -0.39 is 5.60 Å². The molecular formula is C11H21NO. The largest absolute Gasteiger partial charge is 0.389 e. The molecule has 2 aliphatic rings. The van der Waals surface area contributed by atoms with E-state index in [0.29, 0.717) is 5.92 Å². The minimum absolute atomic E-state index is 0.442. The number of likely N-dealkylation sites (tertiary alicyclic amines) is 1. The summed E-state index contributed by atoms with van der Waals surface area (Å²) < 4.78 is 0. The van der Waals surface area contributed by atoms with Crippen molar-refractivity contribution in [2.75, 3.05) is 20.1 Å². The molecule has 76 valence electrons. The normalized spacial score (nSPS) is 52.2. The molecule has 1 aliphatic heterocycles. The van der Waals surface area contributed by atoms with Crippen molar-refractivity contribution in [2.24, 2.45) is 17.8 Å². The molecule has 1 saturated carbocycles. The van der Waals surface area contributed by atoms with Crippen LogP contribution in [0.4, 0.5) is 0 Å². The quantitative estimate of drug-likeness (QED) is 0.612. The van der Waals surface area contributed by atoms with E-state index >= 15 is 0 Å². The number of fused-ring (bicyclic) bond motifs is 1. The summed E-state index contributed by atoms with van der Waals surface area (Å²) in [5, 5.41) is 10.3. The van der Waals surface area contributed by atoms with E-state index in [1.54, 1.807) is 0 Å². The van der Waals surface area contributed by atoms with Gasteiger partial charge in [0.1, 0.15) is 0 Å². The summed E-state index contributed by atoms with van der Waals surface area (Å²) in [5.74, 6) is 2.09. The van der Waals surface area contributed by atoms with Gasteiger partial charge in [0.25, 0.3) is 0 Å². The van der Waals surface area contributed by atoms with E-state index in [9.17, 15) is 5.11 Å². The van der Waals surface area contributed by atoms with Crippen molar-refractivity contribution in [1.29, 1.82) is 0 Å². The Hall–Kier alpha value is -0.0800. The Morgan fingerprint density at radius 1 is 1.38 bits per heavy atom.